The Labute approximate surface area is 193 Å². The van der Waals surface area contributed by atoms with Gasteiger partial charge in [0.15, 0.2) is 12.1 Å². The normalized spacial score (nSPS) is 21.5. The Bertz CT molecular complexity index is 1030. The number of benzene rings is 3. The number of hydrogen-bond donors (Lipinski definition) is 0. The van der Waals surface area contributed by atoms with Gasteiger partial charge in [0.1, 0.15) is 5.69 Å². The highest BCUT2D eigenvalue weighted by molar-refractivity contribution is 5.81. The lowest BCUT2D eigenvalue weighted by Crippen LogP contribution is -2.31. The molecular weight excluding hydrogens is 388 g/mol. The van der Waals surface area contributed by atoms with Crippen molar-refractivity contribution in [2.75, 3.05) is 4.90 Å². The van der Waals surface area contributed by atoms with Crippen LogP contribution >= 0.6 is 0 Å². The molecule has 0 bridgehead atoms. The van der Waals surface area contributed by atoms with E-state index in [1.807, 2.05) is 0 Å². The van der Waals surface area contributed by atoms with Gasteiger partial charge in [0.25, 0.3) is 0 Å². The van der Waals surface area contributed by atoms with Gasteiger partial charge in [-0.15, -0.1) is 0 Å². The molecule has 164 valence electrons. The van der Waals surface area contributed by atoms with Gasteiger partial charge < -0.3 is 0 Å². The van der Waals surface area contributed by atoms with Gasteiger partial charge in [0, 0.05) is 11.1 Å². The molecule has 1 aliphatic heterocycles. The van der Waals surface area contributed by atoms with Gasteiger partial charge in [-0.3, -0.25) is 4.58 Å². The lowest BCUT2D eigenvalue weighted by molar-refractivity contribution is -0.602. The lowest BCUT2D eigenvalue weighted by atomic mass is 9.89. The summed E-state index contributed by atoms with van der Waals surface area (Å²) in [5, 5.41) is 0. The first kappa shape index (κ1) is 21.0. The Hall–Kier alpha value is -2.87. The Morgan fingerprint density at radius 2 is 1.38 bits per heavy atom. The topological polar surface area (TPSA) is 6.25 Å². The third-order valence-corrected chi connectivity index (χ3v) is 7.25. The van der Waals surface area contributed by atoms with E-state index in [4.69, 9.17) is 0 Å². The Morgan fingerprint density at radius 1 is 0.750 bits per heavy atom. The standard InChI is InChI=1S/C30H35N2/c1-2-14-24-15-12-13-22-28(24)32-23-31(27-20-10-5-11-21-27)29(25-16-6-3-7-17-25)30(32)26-18-8-4-9-19-26/h3-4,6-9,12-13,15-19,22-23,27,29-30H,2,5,10-11,14,20-21H2,1H3/q+1/t29-,30+/m0/s1. The summed E-state index contributed by atoms with van der Waals surface area (Å²) in [6, 6.07) is 32.5. The van der Waals surface area contributed by atoms with Crippen molar-refractivity contribution in [3.63, 3.8) is 0 Å². The molecule has 2 aliphatic rings. The van der Waals surface area contributed by atoms with Crippen molar-refractivity contribution in [1.82, 2.24) is 0 Å². The molecule has 2 heteroatoms. The first-order valence-corrected chi connectivity index (χ1v) is 12.5. The van der Waals surface area contributed by atoms with Crippen LogP contribution in [0.15, 0.2) is 84.9 Å². The summed E-state index contributed by atoms with van der Waals surface area (Å²) in [6.45, 7) is 2.28. The largest absolute Gasteiger partial charge is 0.254 e. The molecule has 3 aromatic carbocycles. The molecule has 1 saturated carbocycles. The minimum atomic E-state index is 0.263. The van der Waals surface area contributed by atoms with Crippen LogP contribution in [0.1, 0.15) is 74.2 Å². The van der Waals surface area contributed by atoms with Crippen molar-refractivity contribution in [2.24, 2.45) is 0 Å². The predicted octanol–water partition coefficient (Wildman–Crippen LogP) is 7.32. The van der Waals surface area contributed by atoms with E-state index in [0.717, 1.165) is 12.8 Å². The highest BCUT2D eigenvalue weighted by Gasteiger charge is 2.47. The Balaban J connectivity index is 1.67. The Morgan fingerprint density at radius 3 is 2.06 bits per heavy atom. The summed E-state index contributed by atoms with van der Waals surface area (Å²) >= 11 is 0. The molecule has 1 aliphatic carbocycles. The van der Waals surface area contributed by atoms with Crippen LogP contribution < -0.4 is 4.90 Å². The summed E-state index contributed by atoms with van der Waals surface area (Å²) < 4.78 is 2.72. The second-order valence-corrected chi connectivity index (χ2v) is 9.35. The van der Waals surface area contributed by atoms with Crippen molar-refractivity contribution < 1.29 is 4.58 Å². The quantitative estimate of drug-likeness (QED) is 0.377. The zero-order chi connectivity index (χ0) is 21.8. The van der Waals surface area contributed by atoms with E-state index in [-0.39, 0.29) is 6.04 Å². The molecule has 32 heavy (non-hydrogen) atoms. The molecule has 2 nitrogen and oxygen atoms in total. The van der Waals surface area contributed by atoms with Crippen LogP contribution in [0.25, 0.3) is 0 Å². The van der Waals surface area contributed by atoms with E-state index in [2.05, 4.69) is 108 Å². The van der Waals surface area contributed by atoms with Crippen LogP contribution in [-0.2, 0) is 6.42 Å². The fourth-order valence-corrected chi connectivity index (χ4v) is 5.76. The van der Waals surface area contributed by atoms with E-state index in [9.17, 15) is 0 Å². The van der Waals surface area contributed by atoms with E-state index >= 15 is 0 Å². The molecule has 3 aromatic rings. The van der Waals surface area contributed by atoms with Crippen LogP contribution in [0, 0.1) is 0 Å². The molecule has 1 heterocycles. The third kappa shape index (κ3) is 4.11. The van der Waals surface area contributed by atoms with Crippen LogP contribution in [0.3, 0.4) is 0 Å². The van der Waals surface area contributed by atoms with Crippen molar-refractivity contribution in [3.8, 4) is 0 Å². The van der Waals surface area contributed by atoms with Crippen LogP contribution in [-0.4, -0.2) is 17.0 Å². The predicted molar refractivity (Wildman–Crippen MR) is 134 cm³/mol. The molecular formula is C30H35N2+. The molecule has 0 N–H and O–H groups in total. The molecule has 0 amide bonds. The molecule has 0 aromatic heterocycles. The van der Waals surface area contributed by atoms with Crippen LogP contribution in [0.4, 0.5) is 5.69 Å². The first-order valence-electron chi connectivity index (χ1n) is 12.5. The second kappa shape index (κ2) is 9.73. The second-order valence-electron chi connectivity index (χ2n) is 9.35. The molecule has 0 spiro atoms. The molecule has 1 fully saturated rings. The molecule has 0 saturated heterocycles. The van der Waals surface area contributed by atoms with Crippen molar-refractivity contribution in [1.29, 1.82) is 0 Å². The molecule has 2 atom stereocenters. The zero-order valence-corrected chi connectivity index (χ0v) is 19.2. The maximum absolute atomic E-state index is 2.72. The highest BCUT2D eigenvalue weighted by atomic mass is 15.3. The number of aryl methyl sites for hydroxylation is 1. The average molecular weight is 424 g/mol. The van der Waals surface area contributed by atoms with E-state index in [1.165, 1.54) is 54.5 Å². The molecule has 0 radical (unpaired) electrons. The Kier molecular flexibility index (Phi) is 6.39. The SMILES string of the molecule is CCCc1ccccc1N1C=[N+](C2CCCCC2)[C@@H](c2ccccc2)[C@H]1c1ccccc1. The van der Waals surface area contributed by atoms with E-state index in [1.54, 1.807) is 0 Å². The summed E-state index contributed by atoms with van der Waals surface area (Å²) in [5.74, 6) is 0. The van der Waals surface area contributed by atoms with Crippen molar-refractivity contribution in [3.05, 3.63) is 102 Å². The number of rotatable bonds is 6. The summed E-state index contributed by atoms with van der Waals surface area (Å²) in [4.78, 5) is 2.59. The number of hydrogen-bond acceptors (Lipinski definition) is 1. The fraction of sp³-hybridized carbons (Fsp3) is 0.367. The monoisotopic (exact) mass is 423 g/mol. The van der Waals surface area contributed by atoms with Gasteiger partial charge in [0.05, 0.1) is 6.04 Å². The van der Waals surface area contributed by atoms with Gasteiger partial charge in [0.2, 0.25) is 6.34 Å². The summed E-state index contributed by atoms with van der Waals surface area (Å²) in [7, 11) is 0. The van der Waals surface area contributed by atoms with E-state index in [0.29, 0.717) is 12.1 Å². The van der Waals surface area contributed by atoms with Crippen molar-refractivity contribution >= 4 is 12.0 Å². The van der Waals surface area contributed by atoms with Crippen LogP contribution in [0.2, 0.25) is 0 Å². The van der Waals surface area contributed by atoms with Gasteiger partial charge in [-0.25, -0.2) is 4.90 Å². The maximum Gasteiger partial charge on any atom is 0.240 e. The van der Waals surface area contributed by atoms with E-state index < -0.39 is 0 Å². The number of nitrogens with zero attached hydrogens (tertiary/aromatic N) is 2. The average Bonchev–Trinajstić information content (AvgIpc) is 3.27. The summed E-state index contributed by atoms with van der Waals surface area (Å²) in [6.07, 6.45) is 11.4. The van der Waals surface area contributed by atoms with Crippen molar-refractivity contribution in [2.45, 2.75) is 70.0 Å². The minimum absolute atomic E-state index is 0.263. The third-order valence-electron chi connectivity index (χ3n) is 7.25. The van der Waals surface area contributed by atoms with Crippen LogP contribution in [0.5, 0.6) is 0 Å². The maximum atomic E-state index is 2.72. The van der Waals surface area contributed by atoms with Gasteiger partial charge in [-0.2, -0.15) is 0 Å². The first-order chi connectivity index (χ1) is 15.9. The number of para-hydroxylation sites is 1. The summed E-state index contributed by atoms with van der Waals surface area (Å²) in [5.41, 5.74) is 5.62. The minimum Gasteiger partial charge on any atom is -0.254 e. The number of anilines is 1. The molecule has 5 rings (SSSR count). The fourth-order valence-electron chi connectivity index (χ4n) is 5.76. The lowest BCUT2D eigenvalue weighted by Gasteiger charge is -2.29. The highest BCUT2D eigenvalue weighted by Crippen LogP contribution is 2.45. The van der Waals surface area contributed by atoms with Gasteiger partial charge >= 0.3 is 0 Å². The molecule has 0 unspecified atom stereocenters. The van der Waals surface area contributed by atoms with Gasteiger partial charge in [-0.1, -0.05) is 98.6 Å². The zero-order valence-electron chi connectivity index (χ0n) is 19.2. The smallest absolute Gasteiger partial charge is 0.240 e. The van der Waals surface area contributed by atoms with Gasteiger partial charge in [-0.05, 0) is 43.7 Å².